The van der Waals surface area contributed by atoms with Crippen LogP contribution in [0.4, 0.5) is 0 Å². The zero-order chi connectivity index (χ0) is 11.1. The SMILES string of the molecule is CSC1(C(=O)CCCCO)SCCCS1. The fourth-order valence-electron chi connectivity index (χ4n) is 1.46. The molecule has 1 N–H and O–H groups in total. The third-order valence-corrected chi connectivity index (χ3v) is 7.68. The van der Waals surface area contributed by atoms with Gasteiger partial charge in [-0.1, -0.05) is 0 Å². The normalized spacial score (nSPS) is 20.1. The summed E-state index contributed by atoms with van der Waals surface area (Å²) >= 11 is 5.25. The average molecular weight is 266 g/mol. The van der Waals surface area contributed by atoms with Crippen LogP contribution in [0.5, 0.6) is 0 Å². The van der Waals surface area contributed by atoms with Crippen LogP contribution >= 0.6 is 35.3 Å². The smallest absolute Gasteiger partial charge is 0.169 e. The predicted molar refractivity (Wildman–Crippen MR) is 71.7 cm³/mol. The van der Waals surface area contributed by atoms with Crippen LogP contribution in [0.1, 0.15) is 25.7 Å². The lowest BCUT2D eigenvalue weighted by atomic mass is 10.2. The van der Waals surface area contributed by atoms with Crippen LogP contribution in [0.15, 0.2) is 0 Å². The molecule has 0 aromatic heterocycles. The first-order valence-electron chi connectivity index (χ1n) is 5.22. The third kappa shape index (κ3) is 3.88. The van der Waals surface area contributed by atoms with E-state index in [0.29, 0.717) is 12.2 Å². The van der Waals surface area contributed by atoms with Gasteiger partial charge in [0, 0.05) is 13.0 Å². The lowest BCUT2D eigenvalue weighted by Crippen LogP contribution is -2.31. The van der Waals surface area contributed by atoms with Crippen molar-refractivity contribution >= 4 is 41.1 Å². The van der Waals surface area contributed by atoms with Gasteiger partial charge in [0.15, 0.2) is 9.19 Å². The second-order valence-corrected chi connectivity index (χ2v) is 7.83. The fourth-order valence-corrected chi connectivity index (χ4v) is 5.89. The molecule has 1 heterocycles. The summed E-state index contributed by atoms with van der Waals surface area (Å²) in [5, 5.41) is 8.68. The number of aliphatic hydroxyl groups excluding tert-OH is 1. The molecule has 0 bridgehead atoms. The van der Waals surface area contributed by atoms with Crippen LogP contribution in [0.3, 0.4) is 0 Å². The number of aliphatic hydroxyl groups is 1. The molecule has 0 aliphatic carbocycles. The predicted octanol–water partition coefficient (Wildman–Crippen LogP) is 2.61. The van der Waals surface area contributed by atoms with E-state index in [1.807, 2.05) is 6.26 Å². The Balaban J connectivity index is 2.45. The van der Waals surface area contributed by atoms with Gasteiger partial charge in [-0.2, -0.15) is 0 Å². The molecule has 5 heteroatoms. The van der Waals surface area contributed by atoms with Crippen molar-refractivity contribution in [2.45, 2.75) is 29.1 Å². The van der Waals surface area contributed by atoms with Gasteiger partial charge >= 0.3 is 0 Å². The second-order valence-electron chi connectivity index (χ2n) is 3.41. The van der Waals surface area contributed by atoms with Gasteiger partial charge in [0.1, 0.15) is 0 Å². The summed E-state index contributed by atoms with van der Waals surface area (Å²) in [6.07, 6.45) is 5.41. The van der Waals surface area contributed by atoms with Crippen molar-refractivity contribution in [3.63, 3.8) is 0 Å². The first-order chi connectivity index (χ1) is 7.25. The Morgan fingerprint density at radius 3 is 2.60 bits per heavy atom. The Morgan fingerprint density at radius 2 is 2.07 bits per heavy atom. The highest BCUT2D eigenvalue weighted by Gasteiger charge is 2.39. The number of unbranched alkanes of at least 4 members (excludes halogenated alkanes) is 1. The molecule has 1 saturated heterocycles. The van der Waals surface area contributed by atoms with Gasteiger partial charge < -0.3 is 5.11 Å². The van der Waals surface area contributed by atoms with Crippen molar-refractivity contribution in [1.29, 1.82) is 0 Å². The molecule has 0 aromatic carbocycles. The van der Waals surface area contributed by atoms with Gasteiger partial charge in [0.2, 0.25) is 0 Å². The number of Topliss-reactive ketones (excluding diaryl/α,β-unsaturated/α-hetero) is 1. The number of hydrogen-bond acceptors (Lipinski definition) is 5. The molecule has 0 radical (unpaired) electrons. The van der Waals surface area contributed by atoms with E-state index in [0.717, 1.165) is 24.3 Å². The Morgan fingerprint density at radius 1 is 1.40 bits per heavy atom. The molecule has 2 nitrogen and oxygen atoms in total. The largest absolute Gasteiger partial charge is 0.396 e. The Kier molecular flexibility index (Phi) is 6.50. The van der Waals surface area contributed by atoms with Crippen LogP contribution in [0, 0.1) is 0 Å². The van der Waals surface area contributed by atoms with Crippen molar-refractivity contribution in [2.75, 3.05) is 24.4 Å². The van der Waals surface area contributed by atoms with Crippen LogP contribution in [0.2, 0.25) is 0 Å². The van der Waals surface area contributed by atoms with Gasteiger partial charge in [-0.05, 0) is 37.0 Å². The van der Waals surface area contributed by atoms with E-state index in [4.69, 9.17) is 5.11 Å². The number of carbonyl (C=O) groups is 1. The highest BCUT2D eigenvalue weighted by Crippen LogP contribution is 2.50. The first-order valence-corrected chi connectivity index (χ1v) is 8.42. The zero-order valence-corrected chi connectivity index (χ0v) is 11.5. The van der Waals surface area contributed by atoms with Crippen molar-refractivity contribution in [2.24, 2.45) is 0 Å². The van der Waals surface area contributed by atoms with Crippen molar-refractivity contribution in [1.82, 2.24) is 0 Å². The number of thioether (sulfide) groups is 3. The van der Waals surface area contributed by atoms with Gasteiger partial charge in [-0.3, -0.25) is 4.79 Å². The van der Waals surface area contributed by atoms with E-state index in [2.05, 4.69) is 0 Å². The fraction of sp³-hybridized carbons (Fsp3) is 0.900. The Hall–Kier alpha value is 0.680. The molecule has 0 unspecified atom stereocenters. The van der Waals surface area contributed by atoms with E-state index in [1.54, 1.807) is 35.3 Å². The quantitative estimate of drug-likeness (QED) is 0.748. The van der Waals surface area contributed by atoms with Crippen LogP contribution in [-0.2, 0) is 4.79 Å². The molecule has 1 fully saturated rings. The van der Waals surface area contributed by atoms with Crippen LogP contribution in [-0.4, -0.2) is 38.7 Å². The van der Waals surface area contributed by atoms with E-state index in [9.17, 15) is 4.79 Å². The molecule has 15 heavy (non-hydrogen) atoms. The van der Waals surface area contributed by atoms with Crippen molar-refractivity contribution in [3.05, 3.63) is 0 Å². The molecular weight excluding hydrogens is 248 g/mol. The summed E-state index contributed by atoms with van der Waals surface area (Å²) < 4.78 is -0.242. The zero-order valence-electron chi connectivity index (χ0n) is 9.03. The highest BCUT2D eigenvalue weighted by molar-refractivity contribution is 8.35. The van der Waals surface area contributed by atoms with E-state index < -0.39 is 0 Å². The lowest BCUT2D eigenvalue weighted by Gasteiger charge is -2.32. The summed E-state index contributed by atoms with van der Waals surface area (Å²) in [6.45, 7) is 0.194. The molecule has 88 valence electrons. The number of hydrogen-bond donors (Lipinski definition) is 1. The lowest BCUT2D eigenvalue weighted by molar-refractivity contribution is -0.117. The van der Waals surface area contributed by atoms with Crippen molar-refractivity contribution in [3.8, 4) is 0 Å². The third-order valence-electron chi connectivity index (χ3n) is 2.30. The number of ketones is 1. The van der Waals surface area contributed by atoms with Gasteiger partial charge in [0.05, 0.1) is 0 Å². The first kappa shape index (κ1) is 13.7. The molecule has 1 aliphatic rings. The molecular formula is C10H18O2S3. The molecule has 0 spiro atoms. The summed E-state index contributed by atoms with van der Waals surface area (Å²) in [6, 6.07) is 0. The topological polar surface area (TPSA) is 37.3 Å². The maximum Gasteiger partial charge on any atom is 0.169 e. The van der Waals surface area contributed by atoms with Crippen LogP contribution in [0.25, 0.3) is 0 Å². The van der Waals surface area contributed by atoms with Gasteiger partial charge in [-0.15, -0.1) is 35.3 Å². The molecule has 0 aromatic rings. The minimum atomic E-state index is -0.242. The van der Waals surface area contributed by atoms with Gasteiger partial charge in [0.25, 0.3) is 0 Å². The molecule has 0 atom stereocenters. The molecule has 1 rings (SSSR count). The minimum Gasteiger partial charge on any atom is -0.396 e. The van der Waals surface area contributed by atoms with Crippen LogP contribution < -0.4 is 0 Å². The summed E-state index contributed by atoms with van der Waals surface area (Å²) in [5.41, 5.74) is 0. The van der Waals surface area contributed by atoms with Gasteiger partial charge in [-0.25, -0.2) is 0 Å². The maximum absolute atomic E-state index is 12.1. The summed E-state index contributed by atoms with van der Waals surface area (Å²) in [7, 11) is 0. The average Bonchev–Trinajstić information content (AvgIpc) is 2.30. The summed E-state index contributed by atoms with van der Waals surface area (Å²) in [4.78, 5) is 12.1. The standard InChI is InChI=1S/C10H18O2S3/c1-13-10(14-7-4-8-15-10)9(12)5-2-3-6-11/h11H,2-8H2,1H3. The Labute approximate surface area is 104 Å². The Bertz CT molecular complexity index is 203. The monoisotopic (exact) mass is 266 g/mol. The molecule has 0 amide bonds. The van der Waals surface area contributed by atoms with E-state index in [1.165, 1.54) is 6.42 Å². The number of carbonyl (C=O) groups excluding carboxylic acids is 1. The van der Waals surface area contributed by atoms with E-state index in [-0.39, 0.29) is 10.0 Å². The maximum atomic E-state index is 12.1. The van der Waals surface area contributed by atoms with E-state index >= 15 is 0 Å². The second kappa shape index (κ2) is 7.09. The number of rotatable bonds is 6. The highest BCUT2D eigenvalue weighted by atomic mass is 32.3. The molecule has 1 aliphatic heterocycles. The summed E-state index contributed by atoms with van der Waals surface area (Å²) in [5.74, 6) is 2.54. The minimum absolute atomic E-state index is 0.194. The molecule has 0 saturated carbocycles. The van der Waals surface area contributed by atoms with Crippen molar-refractivity contribution < 1.29 is 9.90 Å².